The minimum absolute atomic E-state index is 0.970. The maximum Gasteiger partial charge on any atom is 0.0406 e. The molecule has 0 aromatic heterocycles. The van der Waals surface area contributed by atoms with Crippen LogP contribution in [0.15, 0.2) is 28.3 Å². The Morgan fingerprint density at radius 2 is 2.38 bits per heavy atom. The van der Waals surface area contributed by atoms with Gasteiger partial charge in [-0.05, 0) is 22.9 Å². The molecule has 0 amide bonds. The topological polar surface area (TPSA) is 12.4 Å². The quantitative estimate of drug-likeness (QED) is 0.570. The zero-order chi connectivity index (χ0) is 6.41. The fraction of sp³-hybridized carbons (Fsp3) is 0.167. The van der Waals surface area contributed by atoms with Crippen LogP contribution >= 0.6 is 15.9 Å². The van der Waals surface area contributed by atoms with Gasteiger partial charge in [-0.25, -0.2) is 0 Å². The Kier molecular flexibility index (Phi) is 4.56. The highest BCUT2D eigenvalue weighted by molar-refractivity contribution is 9.12. The number of rotatable bonds is 2. The molecule has 0 atom stereocenters. The maximum atomic E-state index is 3.77. The van der Waals surface area contributed by atoms with Gasteiger partial charge in [0, 0.05) is 16.9 Å². The van der Waals surface area contributed by atoms with Crippen molar-refractivity contribution in [1.29, 1.82) is 0 Å². The summed E-state index contributed by atoms with van der Waals surface area (Å²) in [7, 11) is 0. The highest BCUT2D eigenvalue weighted by Gasteiger charge is 1.75. The second-order valence-corrected chi connectivity index (χ2v) is 2.05. The Labute approximate surface area is 57.9 Å². The average molecular weight is 174 g/mol. The summed E-state index contributed by atoms with van der Waals surface area (Å²) in [5.41, 5.74) is 0. The fourth-order valence-electron chi connectivity index (χ4n) is 0.198. The van der Waals surface area contributed by atoms with E-state index >= 15 is 0 Å². The molecule has 8 heavy (non-hydrogen) atoms. The fourth-order valence-corrected chi connectivity index (χ4v) is 0.317. The Hall–Kier alpha value is -0.370. The maximum absolute atomic E-state index is 3.77. The first-order chi connectivity index (χ1) is 3.81. The molecule has 0 aliphatic rings. The summed E-state index contributed by atoms with van der Waals surface area (Å²) in [6, 6.07) is 0. The summed E-state index contributed by atoms with van der Waals surface area (Å²) in [5.74, 6) is 0. The first kappa shape index (κ1) is 7.63. The number of nitrogens with zero attached hydrogens (tertiary/aromatic N) is 1. The third-order valence-corrected chi connectivity index (χ3v) is 1.24. The number of allylic oxidation sites excluding steroid dienone is 2. The van der Waals surface area contributed by atoms with Crippen molar-refractivity contribution in [2.75, 3.05) is 0 Å². The smallest absolute Gasteiger partial charge is 0.0406 e. The van der Waals surface area contributed by atoms with Crippen LogP contribution in [-0.2, 0) is 0 Å². The zero-order valence-electron chi connectivity index (χ0n) is 4.76. The zero-order valence-corrected chi connectivity index (χ0v) is 6.35. The van der Waals surface area contributed by atoms with Gasteiger partial charge in [0.25, 0.3) is 0 Å². The van der Waals surface area contributed by atoms with Crippen LogP contribution in [0.25, 0.3) is 0 Å². The predicted molar refractivity (Wildman–Crippen MR) is 41.4 cm³/mol. The summed E-state index contributed by atoms with van der Waals surface area (Å²) in [6.45, 7) is 5.35. The van der Waals surface area contributed by atoms with E-state index in [-0.39, 0.29) is 0 Å². The third kappa shape index (κ3) is 3.81. The Morgan fingerprint density at radius 1 is 1.75 bits per heavy atom. The van der Waals surface area contributed by atoms with E-state index in [0.717, 1.165) is 4.48 Å². The highest BCUT2D eigenvalue weighted by atomic mass is 79.9. The Balaban J connectivity index is 3.69. The third-order valence-electron chi connectivity index (χ3n) is 0.579. The predicted octanol–water partition coefficient (Wildman–Crippen LogP) is 2.50. The largest absolute Gasteiger partial charge is 0.264 e. The number of hydrogen-bond acceptors (Lipinski definition) is 1. The molecule has 0 saturated heterocycles. The highest BCUT2D eigenvalue weighted by Crippen LogP contribution is 1.98. The molecular weight excluding hydrogens is 166 g/mol. The van der Waals surface area contributed by atoms with Crippen molar-refractivity contribution in [2.45, 2.75) is 6.92 Å². The summed E-state index contributed by atoms with van der Waals surface area (Å²) in [6.07, 6.45) is 5.09. The van der Waals surface area contributed by atoms with Gasteiger partial charge in [0.2, 0.25) is 0 Å². The lowest BCUT2D eigenvalue weighted by atomic mass is 10.6. The van der Waals surface area contributed by atoms with Crippen LogP contribution in [0.4, 0.5) is 0 Å². The van der Waals surface area contributed by atoms with Crippen molar-refractivity contribution < 1.29 is 0 Å². The standard InChI is InChI=1S/C6H8BrN/c1-3-6(7)5-8-4-2/h3-5H,2H2,1H3/b6-3+,8-5?. The molecular formula is C6H8BrN. The number of aliphatic imine (C=N–C) groups is 1. The van der Waals surface area contributed by atoms with E-state index in [1.165, 1.54) is 6.20 Å². The molecule has 0 saturated carbocycles. The molecule has 0 aliphatic heterocycles. The molecule has 0 aromatic carbocycles. The van der Waals surface area contributed by atoms with Gasteiger partial charge in [-0.1, -0.05) is 12.7 Å². The van der Waals surface area contributed by atoms with Gasteiger partial charge in [0.15, 0.2) is 0 Å². The van der Waals surface area contributed by atoms with Crippen molar-refractivity contribution >= 4 is 22.1 Å². The van der Waals surface area contributed by atoms with Gasteiger partial charge in [0.05, 0.1) is 0 Å². The minimum Gasteiger partial charge on any atom is -0.264 e. The molecule has 0 aliphatic carbocycles. The summed E-state index contributed by atoms with van der Waals surface area (Å²) in [4.78, 5) is 3.77. The molecule has 0 heterocycles. The normalized spacial score (nSPS) is 12.5. The van der Waals surface area contributed by atoms with Crippen LogP contribution in [0.3, 0.4) is 0 Å². The monoisotopic (exact) mass is 173 g/mol. The molecule has 0 N–H and O–H groups in total. The second-order valence-electron chi connectivity index (χ2n) is 1.13. The van der Waals surface area contributed by atoms with Crippen LogP contribution in [0.1, 0.15) is 6.92 Å². The Morgan fingerprint density at radius 3 is 2.75 bits per heavy atom. The van der Waals surface area contributed by atoms with E-state index < -0.39 is 0 Å². The molecule has 2 heteroatoms. The van der Waals surface area contributed by atoms with Crippen LogP contribution < -0.4 is 0 Å². The van der Waals surface area contributed by atoms with Crippen LogP contribution in [0.5, 0.6) is 0 Å². The first-order valence-electron chi connectivity index (χ1n) is 2.27. The molecule has 44 valence electrons. The molecule has 0 radical (unpaired) electrons. The molecule has 1 nitrogen and oxygen atoms in total. The van der Waals surface area contributed by atoms with E-state index in [1.54, 1.807) is 6.21 Å². The summed E-state index contributed by atoms with van der Waals surface area (Å²) >= 11 is 3.24. The van der Waals surface area contributed by atoms with Crippen molar-refractivity contribution in [3.8, 4) is 0 Å². The van der Waals surface area contributed by atoms with Gasteiger partial charge < -0.3 is 0 Å². The van der Waals surface area contributed by atoms with E-state index in [2.05, 4.69) is 27.5 Å². The van der Waals surface area contributed by atoms with E-state index in [9.17, 15) is 0 Å². The SMILES string of the molecule is C=CN=C/C(Br)=C\C. The van der Waals surface area contributed by atoms with Crippen LogP contribution in [0.2, 0.25) is 0 Å². The molecule has 0 spiro atoms. The van der Waals surface area contributed by atoms with Crippen molar-refractivity contribution in [2.24, 2.45) is 4.99 Å². The average Bonchev–Trinajstić information content (AvgIpc) is 1.83. The summed E-state index contributed by atoms with van der Waals surface area (Å²) < 4.78 is 0.970. The first-order valence-corrected chi connectivity index (χ1v) is 3.06. The van der Waals surface area contributed by atoms with Crippen LogP contribution in [0, 0.1) is 0 Å². The second kappa shape index (κ2) is 4.78. The van der Waals surface area contributed by atoms with Gasteiger partial charge >= 0.3 is 0 Å². The van der Waals surface area contributed by atoms with Gasteiger partial charge in [-0.3, -0.25) is 4.99 Å². The van der Waals surface area contributed by atoms with Crippen molar-refractivity contribution in [3.05, 3.63) is 23.3 Å². The lowest BCUT2D eigenvalue weighted by Crippen LogP contribution is -1.66. The molecule has 0 fully saturated rings. The van der Waals surface area contributed by atoms with Crippen molar-refractivity contribution in [1.82, 2.24) is 0 Å². The van der Waals surface area contributed by atoms with E-state index in [4.69, 9.17) is 0 Å². The summed E-state index contributed by atoms with van der Waals surface area (Å²) in [5, 5.41) is 0. The molecule has 0 aromatic rings. The minimum atomic E-state index is 0.970. The Bertz CT molecular complexity index is 124. The molecule has 0 unspecified atom stereocenters. The lowest BCUT2D eigenvalue weighted by Gasteiger charge is -1.78. The van der Waals surface area contributed by atoms with E-state index in [1.807, 2.05) is 13.0 Å². The van der Waals surface area contributed by atoms with Gasteiger partial charge in [-0.2, -0.15) is 0 Å². The number of halogens is 1. The van der Waals surface area contributed by atoms with E-state index in [0.29, 0.717) is 0 Å². The van der Waals surface area contributed by atoms with Crippen molar-refractivity contribution in [3.63, 3.8) is 0 Å². The lowest BCUT2D eigenvalue weighted by molar-refractivity contribution is 1.62. The molecule has 0 bridgehead atoms. The number of hydrogen-bond donors (Lipinski definition) is 0. The van der Waals surface area contributed by atoms with Gasteiger partial charge in [0.1, 0.15) is 0 Å². The van der Waals surface area contributed by atoms with Gasteiger partial charge in [-0.15, -0.1) is 0 Å². The van der Waals surface area contributed by atoms with Crippen LogP contribution in [-0.4, -0.2) is 6.21 Å². The molecule has 0 rings (SSSR count).